The molecule has 0 bridgehead atoms. The van der Waals surface area contributed by atoms with Gasteiger partial charge in [-0.25, -0.2) is 0 Å². The number of fused-ring (bicyclic) bond motifs is 1. The molecule has 31 heavy (non-hydrogen) atoms. The lowest BCUT2D eigenvalue weighted by atomic mass is 9.68. The largest absolute Gasteiger partial charge is 0.451 e. The number of halogens is 7. The fraction of sp³-hybridized carbons (Fsp3) is 0.579. The van der Waals surface area contributed by atoms with Crippen LogP contribution in [0.2, 0.25) is 10.0 Å². The lowest BCUT2D eigenvalue weighted by Gasteiger charge is -2.44. The third kappa shape index (κ3) is 5.09. The van der Waals surface area contributed by atoms with Crippen LogP contribution in [0.5, 0.6) is 0 Å². The van der Waals surface area contributed by atoms with Gasteiger partial charge >= 0.3 is 6.18 Å². The first kappa shape index (κ1) is 26.5. The molecule has 0 saturated heterocycles. The molecule has 1 aliphatic heterocycles. The molecule has 0 radical (unpaired) electrons. The normalized spacial score (nSPS) is 24.1. The highest BCUT2D eigenvalue weighted by Crippen LogP contribution is 2.44. The van der Waals surface area contributed by atoms with Gasteiger partial charge in [-0.2, -0.15) is 13.2 Å². The van der Waals surface area contributed by atoms with Gasteiger partial charge in [0, 0.05) is 41.1 Å². The van der Waals surface area contributed by atoms with E-state index in [0.29, 0.717) is 35.5 Å². The predicted octanol–water partition coefficient (Wildman–Crippen LogP) is 5.10. The molecule has 5 nitrogen and oxygen atoms in total. The van der Waals surface area contributed by atoms with E-state index in [4.69, 9.17) is 28.9 Å². The molecular formula is C19H24Cl4F3N5. The molecule has 4 rings (SSSR count). The minimum atomic E-state index is -4.48. The molecule has 1 fully saturated rings. The van der Waals surface area contributed by atoms with Gasteiger partial charge in [0.25, 0.3) is 0 Å². The number of nitrogens with zero attached hydrogens (tertiary/aromatic N) is 4. The molecule has 0 amide bonds. The Morgan fingerprint density at radius 3 is 2.39 bits per heavy atom. The van der Waals surface area contributed by atoms with Gasteiger partial charge in [0.05, 0.1) is 6.54 Å². The van der Waals surface area contributed by atoms with Crippen LogP contribution in [0, 0.1) is 0 Å². The summed E-state index contributed by atoms with van der Waals surface area (Å²) in [5.74, 6) is -0.536. The van der Waals surface area contributed by atoms with Crippen LogP contribution in [0.15, 0.2) is 18.2 Å². The maximum atomic E-state index is 13.0. The van der Waals surface area contributed by atoms with Crippen LogP contribution in [0.1, 0.15) is 42.9 Å². The first-order chi connectivity index (χ1) is 13.7. The van der Waals surface area contributed by atoms with E-state index >= 15 is 0 Å². The molecule has 2 aromatic rings. The highest BCUT2D eigenvalue weighted by Gasteiger charge is 2.42. The zero-order chi connectivity index (χ0) is 20.8. The summed E-state index contributed by atoms with van der Waals surface area (Å²) in [6.45, 7) is 1.65. The van der Waals surface area contributed by atoms with E-state index in [1.54, 1.807) is 12.1 Å². The van der Waals surface area contributed by atoms with Crippen LogP contribution in [0.4, 0.5) is 13.2 Å². The third-order valence-corrected chi connectivity index (χ3v) is 6.92. The van der Waals surface area contributed by atoms with Crippen molar-refractivity contribution in [2.45, 2.75) is 56.4 Å². The maximum absolute atomic E-state index is 13.0. The van der Waals surface area contributed by atoms with Gasteiger partial charge in [-0.15, -0.1) is 35.0 Å². The first-order valence-electron chi connectivity index (χ1n) is 9.62. The summed E-state index contributed by atoms with van der Waals surface area (Å²) in [7, 11) is 0. The summed E-state index contributed by atoms with van der Waals surface area (Å²) in [6, 6.07) is 5.74. The monoisotopic (exact) mass is 519 g/mol. The summed E-state index contributed by atoms with van der Waals surface area (Å²) in [4.78, 5) is 2.21. The molecule has 1 aromatic heterocycles. The topological polar surface area (TPSA) is 60.0 Å². The van der Waals surface area contributed by atoms with Gasteiger partial charge in [0.1, 0.15) is 5.82 Å². The van der Waals surface area contributed by atoms with Crippen LogP contribution in [0.3, 0.4) is 0 Å². The molecule has 0 atom stereocenters. The van der Waals surface area contributed by atoms with Crippen LogP contribution >= 0.6 is 48.0 Å². The van der Waals surface area contributed by atoms with Crippen molar-refractivity contribution in [1.29, 1.82) is 0 Å². The second-order valence-electron chi connectivity index (χ2n) is 7.90. The van der Waals surface area contributed by atoms with Crippen molar-refractivity contribution < 1.29 is 13.2 Å². The summed E-state index contributed by atoms with van der Waals surface area (Å²) < 4.78 is 40.3. The molecule has 1 aliphatic carbocycles. The van der Waals surface area contributed by atoms with Crippen molar-refractivity contribution in [3.8, 4) is 0 Å². The molecule has 1 saturated carbocycles. The predicted molar refractivity (Wildman–Crippen MR) is 119 cm³/mol. The number of alkyl halides is 3. The number of hydrogen-bond donors (Lipinski definition) is 1. The van der Waals surface area contributed by atoms with Crippen LogP contribution < -0.4 is 5.73 Å². The molecule has 2 aliphatic rings. The van der Waals surface area contributed by atoms with Gasteiger partial charge in [-0.3, -0.25) is 4.90 Å². The Morgan fingerprint density at radius 1 is 1.10 bits per heavy atom. The minimum absolute atomic E-state index is 0. The Kier molecular flexibility index (Phi) is 8.55. The Morgan fingerprint density at radius 2 is 1.77 bits per heavy atom. The van der Waals surface area contributed by atoms with E-state index in [9.17, 15) is 13.2 Å². The average molecular weight is 521 g/mol. The van der Waals surface area contributed by atoms with E-state index < -0.39 is 12.0 Å². The standard InChI is InChI=1S/C19H22Cl2F3N5.2ClH/c20-12-1-2-15(21)14(9-12)18(11-25)5-3-13(4-6-18)28-7-8-29-16(10-28)26-27-17(29)19(22,23)24;;/h1-2,9,13H,3-8,10-11,25H2;2*1H/t13-,18-;;. The summed E-state index contributed by atoms with van der Waals surface area (Å²) in [5, 5.41) is 8.45. The Hall–Kier alpha value is -0.770. The fourth-order valence-electron chi connectivity index (χ4n) is 4.71. The molecule has 1 aromatic carbocycles. The Balaban J connectivity index is 0.00000171. The lowest BCUT2D eigenvalue weighted by molar-refractivity contribution is -0.148. The second kappa shape index (κ2) is 10.0. The van der Waals surface area contributed by atoms with Crippen molar-refractivity contribution in [2.24, 2.45) is 5.73 Å². The minimum Gasteiger partial charge on any atom is -0.330 e. The fourth-order valence-corrected chi connectivity index (χ4v) is 5.20. The smallest absolute Gasteiger partial charge is 0.330 e. The quantitative estimate of drug-likeness (QED) is 0.611. The van der Waals surface area contributed by atoms with Crippen molar-refractivity contribution in [3.05, 3.63) is 45.5 Å². The summed E-state index contributed by atoms with van der Waals surface area (Å²) >= 11 is 12.6. The number of rotatable bonds is 3. The van der Waals surface area contributed by atoms with Gasteiger partial charge in [0.2, 0.25) is 5.82 Å². The summed E-state index contributed by atoms with van der Waals surface area (Å²) in [5.41, 5.74) is 6.94. The molecule has 174 valence electrons. The second-order valence-corrected chi connectivity index (χ2v) is 8.74. The van der Waals surface area contributed by atoms with Crippen molar-refractivity contribution in [1.82, 2.24) is 19.7 Å². The average Bonchev–Trinajstić information content (AvgIpc) is 3.13. The molecule has 12 heteroatoms. The SMILES string of the molecule is Cl.Cl.NC[C@]1(c2cc(Cl)ccc2Cl)CC[C@H](N2CCn3c(nnc3C(F)(F)F)C2)CC1. The Bertz CT molecular complexity index is 897. The molecule has 0 unspecified atom stereocenters. The molecular weight excluding hydrogens is 497 g/mol. The zero-order valence-electron chi connectivity index (χ0n) is 16.5. The molecule has 0 spiro atoms. The van der Waals surface area contributed by atoms with E-state index in [1.165, 1.54) is 4.57 Å². The van der Waals surface area contributed by atoms with E-state index in [1.807, 2.05) is 6.07 Å². The lowest BCUT2D eigenvalue weighted by Crippen LogP contribution is -2.48. The van der Waals surface area contributed by atoms with Crippen molar-refractivity contribution in [3.63, 3.8) is 0 Å². The van der Waals surface area contributed by atoms with Crippen molar-refractivity contribution >= 4 is 48.0 Å². The number of hydrogen-bond acceptors (Lipinski definition) is 4. The number of aromatic nitrogens is 3. The van der Waals surface area contributed by atoms with Crippen molar-refractivity contribution in [2.75, 3.05) is 13.1 Å². The van der Waals surface area contributed by atoms with E-state index in [-0.39, 0.29) is 42.8 Å². The summed E-state index contributed by atoms with van der Waals surface area (Å²) in [6.07, 6.45) is -0.994. The highest BCUT2D eigenvalue weighted by molar-refractivity contribution is 6.33. The van der Waals surface area contributed by atoms with Crippen LogP contribution in [-0.2, 0) is 24.7 Å². The Labute approximate surface area is 201 Å². The third-order valence-electron chi connectivity index (χ3n) is 6.36. The molecule has 2 heterocycles. The zero-order valence-corrected chi connectivity index (χ0v) is 19.7. The van der Waals surface area contributed by atoms with Gasteiger partial charge in [-0.05, 0) is 49.4 Å². The first-order valence-corrected chi connectivity index (χ1v) is 10.4. The van der Waals surface area contributed by atoms with E-state index in [2.05, 4.69) is 15.1 Å². The van der Waals surface area contributed by atoms with Crippen LogP contribution in [-0.4, -0.2) is 38.8 Å². The molecule has 2 N–H and O–H groups in total. The number of nitrogens with two attached hydrogens (primary N) is 1. The van der Waals surface area contributed by atoms with Gasteiger partial charge < -0.3 is 10.3 Å². The van der Waals surface area contributed by atoms with Gasteiger partial charge in [-0.1, -0.05) is 23.2 Å². The maximum Gasteiger partial charge on any atom is 0.451 e. The highest BCUT2D eigenvalue weighted by atomic mass is 35.5. The van der Waals surface area contributed by atoms with Crippen LogP contribution in [0.25, 0.3) is 0 Å². The van der Waals surface area contributed by atoms with Gasteiger partial charge in [0.15, 0.2) is 0 Å². The number of benzene rings is 1. The van der Waals surface area contributed by atoms with E-state index in [0.717, 1.165) is 31.2 Å².